The molecule has 0 saturated carbocycles. The summed E-state index contributed by atoms with van der Waals surface area (Å²) >= 11 is 1.45. The van der Waals surface area contributed by atoms with E-state index in [4.69, 9.17) is 0 Å². The van der Waals surface area contributed by atoms with E-state index in [1.165, 1.54) is 11.3 Å². The Hall–Kier alpha value is -1.96. The van der Waals surface area contributed by atoms with Crippen LogP contribution in [0.25, 0.3) is 21.1 Å². The number of thiazole rings is 1. The lowest BCUT2D eigenvalue weighted by molar-refractivity contribution is 0.235. The lowest BCUT2D eigenvalue weighted by atomic mass is 10.1. The first-order valence-corrected chi connectivity index (χ1v) is 8.90. The van der Waals surface area contributed by atoms with Gasteiger partial charge in [-0.15, -0.1) is 11.3 Å². The van der Waals surface area contributed by atoms with Crippen LogP contribution >= 0.6 is 11.3 Å². The second-order valence-electron chi connectivity index (χ2n) is 6.56. The summed E-state index contributed by atoms with van der Waals surface area (Å²) in [5.41, 5.74) is 2.38. The third kappa shape index (κ3) is 2.40. The number of aromatic nitrogens is 2. The molecule has 2 aromatic heterocycles. The quantitative estimate of drug-likeness (QED) is 0.786. The highest BCUT2D eigenvalue weighted by molar-refractivity contribution is 7.16. The van der Waals surface area contributed by atoms with Crippen molar-refractivity contribution >= 4 is 32.5 Å². The van der Waals surface area contributed by atoms with E-state index in [1.54, 1.807) is 28.3 Å². The smallest absolute Gasteiger partial charge is 0.260 e. The molecule has 7 heteroatoms. The van der Waals surface area contributed by atoms with Gasteiger partial charge in [0.05, 0.1) is 23.0 Å². The van der Waals surface area contributed by atoms with Crippen LogP contribution in [0, 0.1) is 0 Å². The minimum Gasteiger partial charge on any atom is -0.507 e. The van der Waals surface area contributed by atoms with E-state index in [0.29, 0.717) is 29.0 Å². The number of benzene rings is 1. The summed E-state index contributed by atoms with van der Waals surface area (Å²) < 4.78 is 1.80. The van der Waals surface area contributed by atoms with Gasteiger partial charge in [-0.25, -0.2) is 4.98 Å². The molecule has 0 bridgehead atoms. The van der Waals surface area contributed by atoms with Crippen LogP contribution < -0.4 is 5.56 Å². The number of hydrogen-bond donors (Lipinski definition) is 1. The highest BCUT2D eigenvalue weighted by Gasteiger charge is 2.25. The van der Waals surface area contributed by atoms with Crippen LogP contribution in [0.5, 0.6) is 5.75 Å². The van der Waals surface area contributed by atoms with Crippen LogP contribution in [0.15, 0.2) is 28.5 Å². The maximum Gasteiger partial charge on any atom is 0.260 e. The average Bonchev–Trinajstić information content (AvgIpc) is 3.20. The molecule has 3 aromatic rings. The number of aromatic hydroxyl groups is 1. The molecule has 1 aliphatic rings. The molecule has 1 aliphatic heterocycles. The molecule has 1 fully saturated rings. The monoisotopic (exact) mass is 344 g/mol. The zero-order chi connectivity index (χ0) is 16.8. The van der Waals surface area contributed by atoms with E-state index in [-0.39, 0.29) is 11.3 Å². The zero-order valence-corrected chi connectivity index (χ0v) is 14.6. The van der Waals surface area contributed by atoms with Crippen molar-refractivity contribution in [3.8, 4) is 5.75 Å². The molecule has 1 aromatic carbocycles. The van der Waals surface area contributed by atoms with Crippen molar-refractivity contribution in [1.82, 2.24) is 19.4 Å². The van der Waals surface area contributed by atoms with Gasteiger partial charge in [-0.1, -0.05) is 6.07 Å². The van der Waals surface area contributed by atoms with Gasteiger partial charge >= 0.3 is 0 Å². The van der Waals surface area contributed by atoms with Crippen LogP contribution in [0.1, 0.15) is 6.42 Å². The van der Waals surface area contributed by atoms with Gasteiger partial charge in [0.2, 0.25) is 0 Å². The molecule has 3 heterocycles. The fourth-order valence-corrected chi connectivity index (χ4v) is 4.29. The molecule has 1 saturated heterocycles. The minimum atomic E-state index is -0.0639. The van der Waals surface area contributed by atoms with Crippen LogP contribution in [-0.2, 0) is 6.67 Å². The van der Waals surface area contributed by atoms with Crippen LogP contribution in [0.4, 0.5) is 0 Å². The Labute approximate surface area is 143 Å². The number of phenolic OH excluding ortho intramolecular Hbond substituents is 1. The maximum absolute atomic E-state index is 13.0. The Bertz CT molecular complexity index is 962. The first kappa shape index (κ1) is 15.6. The number of fused-ring (bicyclic) bond motifs is 3. The lowest BCUT2D eigenvalue weighted by Crippen LogP contribution is -2.34. The molecule has 0 amide bonds. The molecular formula is C17H20N4O2S. The van der Waals surface area contributed by atoms with E-state index >= 15 is 0 Å². The van der Waals surface area contributed by atoms with Gasteiger partial charge in [0, 0.05) is 19.1 Å². The second-order valence-corrected chi connectivity index (χ2v) is 7.40. The molecule has 24 heavy (non-hydrogen) atoms. The first-order valence-electron chi connectivity index (χ1n) is 8.02. The van der Waals surface area contributed by atoms with Gasteiger partial charge in [0.15, 0.2) is 0 Å². The second kappa shape index (κ2) is 5.84. The minimum absolute atomic E-state index is 0.0639. The molecule has 0 spiro atoms. The maximum atomic E-state index is 13.0. The summed E-state index contributed by atoms with van der Waals surface area (Å²) in [5, 5.41) is 11.3. The summed E-state index contributed by atoms with van der Waals surface area (Å²) in [6.07, 6.45) is 1.11. The van der Waals surface area contributed by atoms with E-state index in [0.717, 1.165) is 24.3 Å². The third-order valence-corrected chi connectivity index (χ3v) is 5.72. The number of nitrogens with zero attached hydrogens (tertiary/aromatic N) is 4. The first-order chi connectivity index (χ1) is 11.6. The fraction of sp³-hybridized carbons (Fsp3) is 0.412. The summed E-state index contributed by atoms with van der Waals surface area (Å²) in [6, 6.07) is 5.61. The molecular weight excluding hydrogens is 324 g/mol. The molecule has 0 unspecified atom stereocenters. The van der Waals surface area contributed by atoms with Crippen molar-refractivity contribution < 1.29 is 5.11 Å². The average molecular weight is 344 g/mol. The summed E-state index contributed by atoms with van der Waals surface area (Å²) in [6.45, 7) is 2.50. The van der Waals surface area contributed by atoms with E-state index in [2.05, 4.69) is 28.9 Å². The van der Waals surface area contributed by atoms with Crippen molar-refractivity contribution in [2.75, 3.05) is 27.2 Å². The van der Waals surface area contributed by atoms with Gasteiger partial charge in [0.1, 0.15) is 16.1 Å². The van der Waals surface area contributed by atoms with Crippen molar-refractivity contribution in [2.45, 2.75) is 19.1 Å². The summed E-state index contributed by atoms with van der Waals surface area (Å²) in [5.74, 6) is 0.112. The third-order valence-electron chi connectivity index (χ3n) is 4.87. The molecule has 1 atom stereocenters. The Morgan fingerprint density at radius 2 is 2.25 bits per heavy atom. The number of phenols is 1. The van der Waals surface area contributed by atoms with E-state index in [9.17, 15) is 9.90 Å². The van der Waals surface area contributed by atoms with Gasteiger partial charge in [-0.05, 0) is 32.6 Å². The van der Waals surface area contributed by atoms with Crippen LogP contribution in [0.3, 0.4) is 0 Å². The zero-order valence-electron chi connectivity index (χ0n) is 13.8. The SMILES string of the molecule is CN(C)[C@@H]1CCN(Cn2c(=O)c3cccc(O)c3c3ncsc32)C1. The molecule has 126 valence electrons. The molecule has 4 rings (SSSR count). The fourth-order valence-electron chi connectivity index (χ4n) is 3.50. The highest BCUT2D eigenvalue weighted by Crippen LogP contribution is 2.31. The Morgan fingerprint density at radius 3 is 3.00 bits per heavy atom. The van der Waals surface area contributed by atoms with Crippen molar-refractivity contribution in [1.29, 1.82) is 0 Å². The number of likely N-dealkylation sites (N-methyl/N-ethyl adjacent to an activating group) is 1. The topological polar surface area (TPSA) is 61.6 Å². The Kier molecular flexibility index (Phi) is 3.79. The number of rotatable bonds is 3. The Balaban J connectivity index is 1.82. The molecule has 6 nitrogen and oxygen atoms in total. The van der Waals surface area contributed by atoms with Crippen molar-refractivity contribution in [3.63, 3.8) is 0 Å². The molecule has 0 radical (unpaired) electrons. The largest absolute Gasteiger partial charge is 0.507 e. The molecule has 1 N–H and O–H groups in total. The summed E-state index contributed by atoms with van der Waals surface area (Å²) in [7, 11) is 4.20. The van der Waals surface area contributed by atoms with Gasteiger partial charge in [-0.2, -0.15) is 0 Å². The highest BCUT2D eigenvalue weighted by atomic mass is 32.1. The van der Waals surface area contributed by atoms with E-state index < -0.39 is 0 Å². The lowest BCUT2D eigenvalue weighted by Gasteiger charge is -2.21. The van der Waals surface area contributed by atoms with Crippen LogP contribution in [-0.4, -0.2) is 57.7 Å². The number of likely N-dealkylation sites (tertiary alicyclic amines) is 1. The van der Waals surface area contributed by atoms with Gasteiger partial charge in [-0.3, -0.25) is 14.3 Å². The molecule has 0 aliphatic carbocycles. The van der Waals surface area contributed by atoms with Gasteiger partial charge < -0.3 is 10.0 Å². The van der Waals surface area contributed by atoms with Crippen molar-refractivity contribution in [3.05, 3.63) is 34.1 Å². The number of hydrogen-bond acceptors (Lipinski definition) is 6. The van der Waals surface area contributed by atoms with Crippen LogP contribution in [0.2, 0.25) is 0 Å². The van der Waals surface area contributed by atoms with Crippen molar-refractivity contribution in [2.24, 2.45) is 0 Å². The number of pyridine rings is 1. The van der Waals surface area contributed by atoms with E-state index in [1.807, 2.05) is 0 Å². The normalized spacial score (nSPS) is 19.0. The predicted octanol–water partition coefficient (Wildman–Crippen LogP) is 1.91. The summed E-state index contributed by atoms with van der Waals surface area (Å²) in [4.78, 5) is 22.8. The predicted molar refractivity (Wildman–Crippen MR) is 96.7 cm³/mol. The van der Waals surface area contributed by atoms with Gasteiger partial charge in [0.25, 0.3) is 5.56 Å². The Morgan fingerprint density at radius 1 is 1.42 bits per heavy atom. The standard InChI is InChI=1S/C17H20N4O2S/c1-19(2)11-6-7-20(8-11)10-21-16(23)12-4-3-5-13(22)14(12)15-17(21)24-9-18-15/h3-5,9,11,22H,6-8,10H2,1-2H3/t11-/m1/s1.